The number of aryl methyl sites for hydroxylation is 1. The zero-order chi connectivity index (χ0) is 25.4. The van der Waals surface area contributed by atoms with Crippen LogP contribution in [0, 0.1) is 6.92 Å². The maximum atomic E-state index is 13.8. The molecule has 0 radical (unpaired) electrons. The topological polar surface area (TPSA) is 70.6 Å². The summed E-state index contributed by atoms with van der Waals surface area (Å²) in [5.41, 5.74) is 6.33. The minimum Gasteiger partial charge on any atom is -0.481 e. The molecule has 1 aliphatic rings. The summed E-state index contributed by atoms with van der Waals surface area (Å²) in [5.74, 6) is -0.881. The second-order valence-electron chi connectivity index (χ2n) is 9.09. The maximum Gasteiger partial charge on any atom is 0.416 e. The Morgan fingerprint density at radius 2 is 1.89 bits per heavy atom. The van der Waals surface area contributed by atoms with E-state index in [9.17, 15) is 18.0 Å². The summed E-state index contributed by atoms with van der Waals surface area (Å²) < 4.78 is 41.3. The van der Waals surface area contributed by atoms with Crippen molar-refractivity contribution >= 4 is 11.7 Å². The fourth-order valence-corrected chi connectivity index (χ4v) is 4.47. The Hall–Kier alpha value is -2.84. The van der Waals surface area contributed by atoms with E-state index in [0.717, 1.165) is 48.8 Å². The molecule has 1 fully saturated rings. The second-order valence-corrected chi connectivity index (χ2v) is 9.09. The number of carbonyl (C=O) groups is 1. The standard InChI is InChI=1S/C27H33F3N2O3/c1-18-14-22(9-10-23(18)16-31-13-12-26(33)34)19(2)32-35-17-20-8-11-24(21-6-4-3-5-7-21)25(15-20)27(28,29)30/h8-11,14-15,21,31-32H,2-7,12-13,16-17H2,1H3,(H,33,34). The maximum absolute atomic E-state index is 13.8. The SMILES string of the molecule is C=C(NOCc1ccc(C2CCCCC2)c(C(F)(F)F)c1)c1ccc(CNCCC(=O)O)c(C)c1. The Morgan fingerprint density at radius 3 is 2.54 bits per heavy atom. The van der Waals surface area contributed by atoms with Crippen molar-refractivity contribution in [3.8, 4) is 0 Å². The third kappa shape index (κ3) is 7.83. The van der Waals surface area contributed by atoms with E-state index in [4.69, 9.17) is 9.94 Å². The highest BCUT2D eigenvalue weighted by Gasteiger charge is 2.35. The van der Waals surface area contributed by atoms with E-state index in [1.165, 1.54) is 6.07 Å². The molecular weight excluding hydrogens is 457 g/mol. The molecule has 0 amide bonds. The van der Waals surface area contributed by atoms with Crippen LogP contribution >= 0.6 is 0 Å². The van der Waals surface area contributed by atoms with Crippen molar-refractivity contribution in [2.24, 2.45) is 0 Å². The molecule has 8 heteroatoms. The monoisotopic (exact) mass is 490 g/mol. The van der Waals surface area contributed by atoms with Gasteiger partial charge >= 0.3 is 12.1 Å². The van der Waals surface area contributed by atoms with Gasteiger partial charge in [-0.1, -0.05) is 50.1 Å². The molecule has 0 aromatic heterocycles. The number of hydrogen-bond acceptors (Lipinski definition) is 4. The van der Waals surface area contributed by atoms with Crippen LogP contribution in [0.1, 0.15) is 77.8 Å². The number of hydroxylamine groups is 1. The van der Waals surface area contributed by atoms with Crippen LogP contribution in [0.15, 0.2) is 43.0 Å². The molecule has 0 aliphatic heterocycles. The predicted octanol–water partition coefficient (Wildman–Crippen LogP) is 6.32. The first-order valence-corrected chi connectivity index (χ1v) is 11.9. The smallest absolute Gasteiger partial charge is 0.416 e. The van der Waals surface area contributed by atoms with Crippen LogP contribution in [0.3, 0.4) is 0 Å². The van der Waals surface area contributed by atoms with Crippen molar-refractivity contribution in [1.29, 1.82) is 0 Å². The van der Waals surface area contributed by atoms with Crippen molar-refractivity contribution in [1.82, 2.24) is 10.8 Å². The Labute approximate surface area is 204 Å². The zero-order valence-corrected chi connectivity index (χ0v) is 20.0. The van der Waals surface area contributed by atoms with Crippen LogP contribution in [-0.2, 0) is 29.0 Å². The van der Waals surface area contributed by atoms with Gasteiger partial charge in [0.2, 0.25) is 0 Å². The molecule has 35 heavy (non-hydrogen) atoms. The van der Waals surface area contributed by atoms with E-state index < -0.39 is 17.7 Å². The van der Waals surface area contributed by atoms with Gasteiger partial charge in [0.15, 0.2) is 0 Å². The van der Waals surface area contributed by atoms with Crippen molar-refractivity contribution in [3.63, 3.8) is 0 Å². The number of hydrogen-bond donors (Lipinski definition) is 3. The minimum absolute atomic E-state index is 0.0301. The summed E-state index contributed by atoms with van der Waals surface area (Å²) in [4.78, 5) is 16.1. The van der Waals surface area contributed by atoms with Crippen LogP contribution in [0.2, 0.25) is 0 Å². The van der Waals surface area contributed by atoms with Crippen molar-refractivity contribution in [2.75, 3.05) is 6.54 Å². The van der Waals surface area contributed by atoms with E-state index in [1.54, 1.807) is 12.1 Å². The molecule has 3 N–H and O–H groups in total. The van der Waals surface area contributed by atoms with Gasteiger partial charge in [-0.2, -0.15) is 13.2 Å². The molecule has 1 saturated carbocycles. The number of alkyl halides is 3. The number of rotatable bonds is 11. The first-order valence-electron chi connectivity index (χ1n) is 11.9. The van der Waals surface area contributed by atoms with Crippen LogP contribution in [0.4, 0.5) is 13.2 Å². The average molecular weight is 491 g/mol. The molecule has 3 rings (SSSR count). The molecule has 0 heterocycles. The van der Waals surface area contributed by atoms with Gasteiger partial charge in [0.1, 0.15) is 0 Å². The second kappa shape index (κ2) is 12.2. The quantitative estimate of drug-likeness (QED) is 0.254. The lowest BCUT2D eigenvalue weighted by molar-refractivity contribution is -0.139. The molecule has 0 bridgehead atoms. The number of nitrogens with one attached hydrogen (secondary N) is 2. The van der Waals surface area contributed by atoms with Crippen molar-refractivity contribution in [2.45, 2.75) is 70.7 Å². The van der Waals surface area contributed by atoms with E-state index >= 15 is 0 Å². The Balaban J connectivity index is 1.57. The summed E-state index contributed by atoms with van der Waals surface area (Å²) in [6, 6.07) is 10.2. The fraction of sp³-hybridized carbons (Fsp3) is 0.444. The Bertz CT molecular complexity index is 1030. The highest BCUT2D eigenvalue weighted by atomic mass is 19.4. The zero-order valence-electron chi connectivity index (χ0n) is 20.0. The minimum atomic E-state index is -4.40. The highest BCUT2D eigenvalue weighted by molar-refractivity contribution is 5.66. The van der Waals surface area contributed by atoms with Gasteiger partial charge in [0, 0.05) is 13.1 Å². The molecule has 1 aliphatic carbocycles. The number of benzene rings is 2. The van der Waals surface area contributed by atoms with Gasteiger partial charge in [-0.3, -0.25) is 15.1 Å². The summed E-state index contributed by atoms with van der Waals surface area (Å²) >= 11 is 0. The van der Waals surface area contributed by atoms with Gasteiger partial charge in [0.05, 0.1) is 24.3 Å². The summed E-state index contributed by atoms with van der Waals surface area (Å²) in [7, 11) is 0. The third-order valence-electron chi connectivity index (χ3n) is 6.42. The van der Waals surface area contributed by atoms with Crippen molar-refractivity contribution < 1.29 is 27.9 Å². The molecule has 5 nitrogen and oxygen atoms in total. The van der Waals surface area contributed by atoms with Gasteiger partial charge in [0.25, 0.3) is 0 Å². The van der Waals surface area contributed by atoms with Gasteiger partial charge < -0.3 is 10.4 Å². The van der Waals surface area contributed by atoms with E-state index in [1.807, 2.05) is 25.1 Å². The van der Waals surface area contributed by atoms with E-state index in [0.29, 0.717) is 29.9 Å². The molecule has 0 unspecified atom stereocenters. The Morgan fingerprint density at radius 1 is 1.14 bits per heavy atom. The van der Waals surface area contributed by atoms with Gasteiger partial charge in [-0.05, 0) is 65.6 Å². The molecule has 190 valence electrons. The lowest BCUT2D eigenvalue weighted by Gasteiger charge is -2.25. The molecule has 0 spiro atoms. The van der Waals surface area contributed by atoms with Crippen LogP contribution in [0.25, 0.3) is 5.70 Å². The molecule has 0 atom stereocenters. The number of aliphatic carboxylic acids is 1. The first-order chi connectivity index (χ1) is 16.6. The Kier molecular flexibility index (Phi) is 9.34. The highest BCUT2D eigenvalue weighted by Crippen LogP contribution is 2.41. The number of halogens is 3. The first kappa shape index (κ1) is 26.8. The predicted molar refractivity (Wildman–Crippen MR) is 129 cm³/mol. The normalized spacial score (nSPS) is 14.6. The molecule has 2 aromatic rings. The molecule has 2 aromatic carbocycles. The van der Waals surface area contributed by atoms with Crippen LogP contribution in [0.5, 0.6) is 0 Å². The largest absolute Gasteiger partial charge is 0.481 e. The van der Waals surface area contributed by atoms with E-state index in [-0.39, 0.29) is 18.9 Å². The summed E-state index contributed by atoms with van der Waals surface area (Å²) in [6.45, 7) is 6.80. The summed E-state index contributed by atoms with van der Waals surface area (Å²) in [6.07, 6.45) is 0.296. The number of carboxylic acids is 1. The van der Waals surface area contributed by atoms with Gasteiger partial charge in [-0.25, -0.2) is 0 Å². The average Bonchev–Trinajstić information content (AvgIpc) is 2.82. The van der Waals surface area contributed by atoms with E-state index in [2.05, 4.69) is 17.4 Å². The third-order valence-corrected chi connectivity index (χ3v) is 6.42. The lowest BCUT2D eigenvalue weighted by atomic mass is 9.81. The molecular formula is C27H33F3N2O3. The fourth-order valence-electron chi connectivity index (χ4n) is 4.47. The van der Waals surface area contributed by atoms with Gasteiger partial charge in [-0.15, -0.1) is 0 Å². The van der Waals surface area contributed by atoms with Crippen molar-refractivity contribution in [3.05, 3.63) is 76.4 Å². The van der Waals surface area contributed by atoms with Crippen LogP contribution in [-0.4, -0.2) is 17.6 Å². The number of carboxylic acid groups (broad SMARTS) is 1. The molecule has 0 saturated heterocycles. The lowest BCUT2D eigenvalue weighted by Crippen LogP contribution is -2.18. The summed E-state index contributed by atoms with van der Waals surface area (Å²) in [5, 5.41) is 11.8. The van der Waals surface area contributed by atoms with Crippen LogP contribution < -0.4 is 10.8 Å².